The summed E-state index contributed by atoms with van der Waals surface area (Å²) in [5, 5.41) is 3.83. The molecule has 0 radical (unpaired) electrons. The highest BCUT2D eigenvalue weighted by Crippen LogP contribution is 2.13. The normalized spacial score (nSPS) is 10.6. The van der Waals surface area contributed by atoms with Gasteiger partial charge in [0.1, 0.15) is 12.9 Å². The minimum absolute atomic E-state index is 0.149. The number of ether oxygens (including phenoxy) is 1. The number of methoxy groups -OCH3 is 1. The van der Waals surface area contributed by atoms with Crippen LogP contribution in [0.3, 0.4) is 0 Å². The monoisotopic (exact) mass is 309 g/mol. The summed E-state index contributed by atoms with van der Waals surface area (Å²) in [6.07, 6.45) is 0. The molecular formula is C17H15N3O3. The number of Topliss-reactive ketones (excluding diaryl/α,β-unsaturated/α-hetero) is 1. The number of carbonyl (C=O) groups is 1. The van der Waals surface area contributed by atoms with Crippen LogP contribution in [0.5, 0.6) is 5.75 Å². The van der Waals surface area contributed by atoms with Crippen LogP contribution in [0, 0.1) is 0 Å². The summed E-state index contributed by atoms with van der Waals surface area (Å²) in [4.78, 5) is 20.5. The molecule has 0 heterocycles. The van der Waals surface area contributed by atoms with Gasteiger partial charge in [0.15, 0.2) is 0 Å². The first-order valence-corrected chi connectivity index (χ1v) is 6.79. The van der Waals surface area contributed by atoms with Gasteiger partial charge in [0.2, 0.25) is 5.71 Å². The molecule has 6 nitrogen and oxygen atoms in total. The molecule has 0 bridgehead atoms. The second kappa shape index (κ2) is 7.68. The molecule has 0 saturated carbocycles. The number of benzene rings is 2. The minimum Gasteiger partial charge on any atom is -0.497 e. The first kappa shape index (κ1) is 16.1. The van der Waals surface area contributed by atoms with Crippen molar-refractivity contribution in [2.75, 3.05) is 14.2 Å². The van der Waals surface area contributed by atoms with Crippen molar-refractivity contribution < 1.29 is 19.2 Å². The Hall–Kier alpha value is -3.24. The molecule has 0 amide bonds. The van der Waals surface area contributed by atoms with Gasteiger partial charge < -0.3 is 15.1 Å². The first-order chi connectivity index (χ1) is 11.2. The number of hydrogen-bond donors (Lipinski definition) is 0. The van der Waals surface area contributed by atoms with Gasteiger partial charge in [-0.3, -0.25) is 4.79 Å². The fraction of sp³-hybridized carbons (Fsp3) is 0.118. The molecule has 23 heavy (non-hydrogen) atoms. The van der Waals surface area contributed by atoms with E-state index in [1.54, 1.807) is 48.5 Å². The van der Waals surface area contributed by atoms with Crippen LogP contribution in [0.25, 0.3) is 5.53 Å². The van der Waals surface area contributed by atoms with Gasteiger partial charge in [-0.05, 0) is 24.3 Å². The van der Waals surface area contributed by atoms with E-state index in [1.807, 2.05) is 6.07 Å². The van der Waals surface area contributed by atoms with Crippen LogP contribution in [0.2, 0.25) is 0 Å². The molecule has 6 heteroatoms. The summed E-state index contributed by atoms with van der Waals surface area (Å²) in [6, 6.07) is 15.4. The summed E-state index contributed by atoms with van der Waals surface area (Å²) < 4.78 is 5.06. The van der Waals surface area contributed by atoms with E-state index < -0.39 is 5.78 Å². The zero-order valence-electron chi connectivity index (χ0n) is 12.8. The fourth-order valence-corrected chi connectivity index (χ4v) is 2.00. The summed E-state index contributed by atoms with van der Waals surface area (Å²) in [7, 11) is 2.89. The zero-order valence-corrected chi connectivity index (χ0v) is 12.8. The predicted molar refractivity (Wildman–Crippen MR) is 85.9 cm³/mol. The lowest BCUT2D eigenvalue weighted by molar-refractivity contribution is -0.00292. The van der Waals surface area contributed by atoms with Gasteiger partial charge in [0.05, 0.1) is 7.11 Å². The molecule has 0 aliphatic heterocycles. The molecule has 0 N–H and O–H groups in total. The Balaban J connectivity index is 2.42. The lowest BCUT2D eigenvalue weighted by Gasteiger charge is -2.03. The van der Waals surface area contributed by atoms with Gasteiger partial charge in [-0.15, -0.1) is 0 Å². The smallest absolute Gasteiger partial charge is 0.392 e. The van der Waals surface area contributed by atoms with Gasteiger partial charge in [-0.2, -0.15) is 4.79 Å². The summed E-state index contributed by atoms with van der Waals surface area (Å²) in [5.74, 6) is 0.146. The Bertz CT molecular complexity index is 761. The van der Waals surface area contributed by atoms with E-state index in [1.165, 1.54) is 14.2 Å². The molecule has 0 unspecified atom stereocenters. The summed E-state index contributed by atoms with van der Waals surface area (Å²) >= 11 is 0. The largest absolute Gasteiger partial charge is 0.497 e. The molecule has 0 aromatic heterocycles. The van der Waals surface area contributed by atoms with Crippen LogP contribution in [-0.4, -0.2) is 36.2 Å². The van der Waals surface area contributed by atoms with E-state index in [2.05, 4.69) is 9.95 Å². The number of rotatable bonds is 6. The topological polar surface area (TPSA) is 84.3 Å². The minimum atomic E-state index is -0.477. The standard InChI is InChI=1S/C17H15N3O3/c1-22-14-10-8-13(9-11-14)17(21)16(19-18)15(20-23-2)12-6-4-3-5-7-12/h3-11H,1-2H3/b20-15+. The maximum atomic E-state index is 12.6. The van der Waals surface area contributed by atoms with Gasteiger partial charge >= 0.3 is 5.71 Å². The Morgan fingerprint density at radius 1 is 1.00 bits per heavy atom. The van der Waals surface area contributed by atoms with Crippen LogP contribution in [0.15, 0.2) is 59.8 Å². The third kappa shape index (κ3) is 3.70. The van der Waals surface area contributed by atoms with E-state index in [9.17, 15) is 10.3 Å². The number of carbonyl (C=O) groups excluding carboxylic acids is 1. The van der Waals surface area contributed by atoms with Crippen LogP contribution in [0.1, 0.15) is 15.9 Å². The average Bonchev–Trinajstić information content (AvgIpc) is 2.62. The third-order valence-electron chi connectivity index (χ3n) is 3.12. The molecule has 0 atom stereocenters. The van der Waals surface area contributed by atoms with Crippen molar-refractivity contribution in [1.29, 1.82) is 0 Å². The van der Waals surface area contributed by atoms with Crippen molar-refractivity contribution >= 4 is 17.2 Å². The Morgan fingerprint density at radius 2 is 1.65 bits per heavy atom. The molecule has 2 aromatic rings. The molecule has 0 aliphatic carbocycles. The van der Waals surface area contributed by atoms with Crippen LogP contribution in [-0.2, 0) is 4.84 Å². The molecule has 0 aliphatic rings. The quantitative estimate of drug-likeness (QED) is 0.270. The highest BCUT2D eigenvalue weighted by atomic mass is 16.6. The predicted octanol–water partition coefficient (Wildman–Crippen LogP) is 2.60. The van der Waals surface area contributed by atoms with Crippen molar-refractivity contribution in [2.45, 2.75) is 0 Å². The summed E-state index contributed by atoms with van der Waals surface area (Å²) in [5.41, 5.74) is 10.2. The van der Waals surface area contributed by atoms with E-state index in [0.717, 1.165) is 0 Å². The maximum Gasteiger partial charge on any atom is 0.392 e. The highest BCUT2D eigenvalue weighted by Gasteiger charge is 2.30. The number of ketones is 1. The van der Waals surface area contributed by atoms with Crippen LogP contribution >= 0.6 is 0 Å². The van der Waals surface area contributed by atoms with Crippen LogP contribution in [0.4, 0.5) is 0 Å². The van der Waals surface area contributed by atoms with E-state index in [-0.39, 0.29) is 11.4 Å². The Labute approximate surface area is 133 Å². The Morgan fingerprint density at radius 3 is 2.17 bits per heavy atom. The van der Waals surface area contributed by atoms with Gasteiger partial charge in [-0.25, -0.2) is 0 Å². The Kier molecular flexibility index (Phi) is 5.39. The molecule has 0 fully saturated rings. The van der Waals surface area contributed by atoms with Crippen molar-refractivity contribution in [1.82, 2.24) is 0 Å². The molecule has 2 rings (SSSR count). The number of oxime groups is 1. The third-order valence-corrected chi connectivity index (χ3v) is 3.12. The van der Waals surface area contributed by atoms with Crippen LogP contribution < -0.4 is 4.74 Å². The van der Waals surface area contributed by atoms with Gasteiger partial charge in [0, 0.05) is 11.1 Å². The molecule has 0 spiro atoms. The van der Waals surface area contributed by atoms with Crippen molar-refractivity contribution in [3.63, 3.8) is 0 Å². The second-order valence-corrected chi connectivity index (χ2v) is 4.49. The molecular weight excluding hydrogens is 294 g/mol. The van der Waals surface area contributed by atoms with E-state index >= 15 is 0 Å². The first-order valence-electron chi connectivity index (χ1n) is 6.79. The average molecular weight is 309 g/mol. The lowest BCUT2D eigenvalue weighted by atomic mass is 9.99. The second-order valence-electron chi connectivity index (χ2n) is 4.49. The molecule has 116 valence electrons. The molecule has 2 aromatic carbocycles. The maximum absolute atomic E-state index is 12.6. The van der Waals surface area contributed by atoms with E-state index in [0.29, 0.717) is 16.9 Å². The van der Waals surface area contributed by atoms with Gasteiger partial charge in [-0.1, -0.05) is 35.5 Å². The number of hydrogen-bond acceptors (Lipinski definition) is 4. The summed E-state index contributed by atoms with van der Waals surface area (Å²) in [6.45, 7) is 0. The van der Waals surface area contributed by atoms with Crippen molar-refractivity contribution in [3.8, 4) is 5.75 Å². The van der Waals surface area contributed by atoms with Gasteiger partial charge in [0.25, 0.3) is 5.78 Å². The SMILES string of the molecule is CO/N=C(/C(=[N+]=[N-])C(=O)c1ccc(OC)cc1)c1ccccc1. The fourth-order valence-electron chi connectivity index (χ4n) is 2.00. The lowest BCUT2D eigenvalue weighted by Crippen LogP contribution is -2.26. The number of nitrogens with zero attached hydrogens (tertiary/aromatic N) is 3. The highest BCUT2D eigenvalue weighted by molar-refractivity contribution is 6.71. The zero-order chi connectivity index (χ0) is 16.7. The van der Waals surface area contributed by atoms with Crippen molar-refractivity contribution in [3.05, 3.63) is 71.3 Å². The van der Waals surface area contributed by atoms with E-state index in [4.69, 9.17) is 9.57 Å². The molecule has 0 saturated heterocycles. The van der Waals surface area contributed by atoms with Crippen molar-refractivity contribution in [2.24, 2.45) is 5.16 Å².